The molecule has 1 unspecified atom stereocenters. The van der Waals surface area contributed by atoms with Gasteiger partial charge in [0.05, 0.1) is 12.0 Å². The summed E-state index contributed by atoms with van der Waals surface area (Å²) in [5.74, 6) is -1.22. The van der Waals surface area contributed by atoms with Crippen molar-refractivity contribution in [3.8, 4) is 28.7 Å². The van der Waals surface area contributed by atoms with Gasteiger partial charge >= 0.3 is 17.9 Å². The van der Waals surface area contributed by atoms with Gasteiger partial charge in [-0.05, 0) is 131 Å². The molecule has 480 valence electrons. The number of aromatic hydroxyl groups is 5. The highest BCUT2D eigenvalue weighted by molar-refractivity contribution is 5.71. The fourth-order valence-electron chi connectivity index (χ4n) is 10.7. The molecule has 0 heterocycles. The van der Waals surface area contributed by atoms with Crippen LogP contribution in [0.4, 0.5) is 0 Å². The Hall–Kier alpha value is -5.79. The molecule has 4 aromatic carbocycles. The molecule has 0 bridgehead atoms. The second kappa shape index (κ2) is 26.9. The number of benzene rings is 4. The minimum atomic E-state index is -1.58. The van der Waals surface area contributed by atoms with Crippen molar-refractivity contribution in [3.05, 3.63) is 109 Å². The summed E-state index contributed by atoms with van der Waals surface area (Å²) in [7, 11) is 0. The van der Waals surface area contributed by atoms with E-state index in [1.807, 2.05) is 203 Å². The largest absolute Gasteiger partial charge is 0.507 e. The van der Waals surface area contributed by atoms with Gasteiger partial charge in [-0.3, -0.25) is 14.4 Å². The lowest BCUT2D eigenvalue weighted by Gasteiger charge is -2.33. The lowest BCUT2D eigenvalue weighted by Crippen LogP contribution is -2.44. The Labute approximate surface area is 516 Å². The summed E-state index contributed by atoms with van der Waals surface area (Å²) in [5.41, 5.74) is 3.38. The van der Waals surface area contributed by atoms with Crippen LogP contribution in [0.1, 0.15) is 259 Å². The van der Waals surface area contributed by atoms with Gasteiger partial charge in [0, 0.05) is 36.8 Å². The number of aryl methyl sites for hydroxylation is 4. The average molecular weight is 1200 g/mol. The maximum atomic E-state index is 14.1. The standard InChI is InChI=1S/C73H110O13/c1-65(2,3)48-33-44(34-49(61(48)79)66(4,5)6)25-29-55(74)83-40-73(41-84-56(75)30-26-45-35-50(67(7,8)9)62(80)51(36-45)68(10,11)12,42-85-57(76)31-27-46-37-52(69(13,14)15)63(81)53(38-46)70(16,17)18)43-86-58(77)32-28-47-39-54(71(19,20)21)64(82)59(60(47)78)72(22,23)24/h33-39,58,77-82H,25-32,40-43H2,1-24H3. The van der Waals surface area contributed by atoms with Gasteiger partial charge < -0.3 is 49.6 Å². The zero-order valence-electron chi connectivity index (χ0n) is 57.1. The summed E-state index contributed by atoms with van der Waals surface area (Å²) >= 11 is 0. The summed E-state index contributed by atoms with van der Waals surface area (Å²) in [6.07, 6.45) is -0.786. The molecular formula is C73H110O13. The van der Waals surface area contributed by atoms with Crippen molar-refractivity contribution < 1.29 is 64.0 Å². The van der Waals surface area contributed by atoms with E-state index in [0.717, 1.165) is 50.1 Å². The first-order valence-electron chi connectivity index (χ1n) is 30.8. The number of hydrogen-bond donors (Lipinski definition) is 6. The maximum absolute atomic E-state index is 14.1. The van der Waals surface area contributed by atoms with Crippen molar-refractivity contribution in [1.29, 1.82) is 0 Å². The maximum Gasteiger partial charge on any atom is 0.306 e. The van der Waals surface area contributed by atoms with E-state index in [1.54, 1.807) is 6.07 Å². The molecule has 1 atom stereocenters. The molecule has 13 nitrogen and oxygen atoms in total. The molecule has 0 amide bonds. The lowest BCUT2D eigenvalue weighted by molar-refractivity contribution is -0.181. The van der Waals surface area contributed by atoms with Crippen LogP contribution in [0.15, 0.2) is 42.5 Å². The van der Waals surface area contributed by atoms with Gasteiger partial charge in [-0.25, -0.2) is 0 Å². The number of phenolic OH excluding ortho intramolecular Hbond substituents is 5. The van der Waals surface area contributed by atoms with Crippen molar-refractivity contribution in [3.63, 3.8) is 0 Å². The van der Waals surface area contributed by atoms with E-state index in [4.69, 9.17) is 18.9 Å². The number of phenols is 5. The summed E-state index contributed by atoms with van der Waals surface area (Å²) in [6, 6.07) is 13.2. The Morgan fingerprint density at radius 1 is 0.349 bits per heavy atom. The molecule has 0 saturated heterocycles. The minimum Gasteiger partial charge on any atom is -0.507 e. The van der Waals surface area contributed by atoms with Crippen molar-refractivity contribution in [2.24, 2.45) is 5.41 Å². The summed E-state index contributed by atoms with van der Waals surface area (Å²) in [6.45, 7) is 46.2. The summed E-state index contributed by atoms with van der Waals surface area (Å²) in [5, 5.41) is 69.1. The Morgan fingerprint density at radius 3 is 0.849 bits per heavy atom. The second-order valence-corrected chi connectivity index (χ2v) is 32.6. The van der Waals surface area contributed by atoms with Crippen LogP contribution in [0.5, 0.6) is 28.7 Å². The zero-order chi connectivity index (χ0) is 65.9. The molecule has 6 N–H and O–H groups in total. The molecule has 0 aliphatic rings. The Bertz CT molecular complexity index is 2680. The minimum absolute atomic E-state index is 0.0126. The molecule has 0 saturated carbocycles. The van der Waals surface area contributed by atoms with Crippen molar-refractivity contribution in [2.75, 3.05) is 26.4 Å². The molecular weight excluding hydrogens is 1080 g/mol. The van der Waals surface area contributed by atoms with Gasteiger partial charge in [0.25, 0.3) is 0 Å². The molecule has 0 radical (unpaired) electrons. The summed E-state index contributed by atoms with van der Waals surface area (Å²) in [4.78, 5) is 42.4. The highest BCUT2D eigenvalue weighted by atomic mass is 16.6. The molecule has 0 aliphatic carbocycles. The third-order valence-corrected chi connectivity index (χ3v) is 16.0. The monoisotopic (exact) mass is 1190 g/mol. The topological polar surface area (TPSA) is 210 Å². The zero-order valence-corrected chi connectivity index (χ0v) is 57.1. The van der Waals surface area contributed by atoms with Gasteiger partial charge in [-0.15, -0.1) is 0 Å². The first kappa shape index (κ1) is 72.7. The molecule has 86 heavy (non-hydrogen) atoms. The second-order valence-electron chi connectivity index (χ2n) is 32.6. The van der Waals surface area contributed by atoms with Crippen molar-refractivity contribution in [2.45, 2.75) is 267 Å². The first-order valence-corrected chi connectivity index (χ1v) is 30.8. The number of carbonyl (C=O) groups excluding carboxylic acids is 3. The number of esters is 3. The number of aliphatic hydroxyl groups is 1. The van der Waals surface area contributed by atoms with E-state index >= 15 is 0 Å². The molecule has 0 aliphatic heterocycles. The predicted molar refractivity (Wildman–Crippen MR) is 344 cm³/mol. The van der Waals surface area contributed by atoms with E-state index in [0.29, 0.717) is 16.7 Å². The normalized spacial score (nSPS) is 13.6. The quantitative estimate of drug-likeness (QED) is 0.0261. The first-order chi connectivity index (χ1) is 38.9. The molecule has 4 aromatic rings. The van der Waals surface area contributed by atoms with Crippen molar-refractivity contribution >= 4 is 17.9 Å². The smallest absolute Gasteiger partial charge is 0.306 e. The molecule has 0 aromatic heterocycles. The highest BCUT2D eigenvalue weighted by Crippen LogP contribution is 2.47. The summed E-state index contributed by atoms with van der Waals surface area (Å²) < 4.78 is 24.6. The third-order valence-electron chi connectivity index (χ3n) is 16.0. The Morgan fingerprint density at radius 2 is 0.605 bits per heavy atom. The Kier molecular flexibility index (Phi) is 22.7. The van der Waals surface area contributed by atoms with Crippen LogP contribution < -0.4 is 0 Å². The van der Waals surface area contributed by atoms with E-state index in [1.165, 1.54) is 0 Å². The number of carbonyl (C=O) groups is 3. The predicted octanol–water partition coefficient (Wildman–Crippen LogP) is 15.4. The fraction of sp³-hybridized carbons (Fsp3) is 0.630. The van der Waals surface area contributed by atoms with Gasteiger partial charge in [-0.2, -0.15) is 0 Å². The van der Waals surface area contributed by atoms with Crippen LogP contribution in [0.2, 0.25) is 0 Å². The van der Waals surface area contributed by atoms with Crippen LogP contribution >= 0.6 is 0 Å². The molecule has 13 heteroatoms. The molecule has 0 fully saturated rings. The number of aliphatic hydroxyl groups excluding tert-OH is 1. The van der Waals surface area contributed by atoms with Crippen LogP contribution in [0, 0.1) is 5.41 Å². The third kappa shape index (κ3) is 19.6. The van der Waals surface area contributed by atoms with Crippen molar-refractivity contribution in [1.82, 2.24) is 0 Å². The highest BCUT2D eigenvalue weighted by Gasteiger charge is 2.39. The number of hydrogen-bond acceptors (Lipinski definition) is 13. The SMILES string of the molecule is CC(C)(C)c1cc(CCC(=O)OCC(COC(=O)CCc2cc(C(C)(C)C)c(O)c(C(C)(C)C)c2)(COC(=O)CCc2cc(C(C)(C)C)c(O)c(C(C)(C)C)c2)COC(O)CCc2cc(C(C)(C)C)c(O)c(C(C)(C)C)c2O)cc(C(C)(C)C)c1O. The van der Waals surface area contributed by atoms with Gasteiger partial charge in [0.1, 0.15) is 48.6 Å². The van der Waals surface area contributed by atoms with Gasteiger partial charge in [0.15, 0.2) is 6.29 Å². The number of rotatable bonds is 21. The molecule has 0 spiro atoms. The van der Waals surface area contributed by atoms with Crippen LogP contribution in [0.25, 0.3) is 0 Å². The van der Waals surface area contributed by atoms with E-state index in [9.17, 15) is 45.0 Å². The van der Waals surface area contributed by atoms with Gasteiger partial charge in [0.2, 0.25) is 0 Å². The van der Waals surface area contributed by atoms with E-state index < -0.39 is 99.4 Å². The Balaban J connectivity index is 1.78. The number of ether oxygens (including phenoxy) is 4. The van der Waals surface area contributed by atoms with Crippen LogP contribution in [-0.2, 0) is 102 Å². The average Bonchev–Trinajstić information content (AvgIpc) is 0.841. The van der Waals surface area contributed by atoms with Crippen LogP contribution in [-0.4, -0.2) is 81.3 Å². The van der Waals surface area contributed by atoms with Crippen LogP contribution in [0.3, 0.4) is 0 Å². The lowest BCUT2D eigenvalue weighted by atomic mass is 9.77. The van der Waals surface area contributed by atoms with Gasteiger partial charge in [-0.1, -0.05) is 203 Å². The van der Waals surface area contributed by atoms with E-state index in [-0.39, 0.29) is 80.1 Å². The molecule has 4 rings (SSSR count). The van der Waals surface area contributed by atoms with E-state index in [2.05, 4.69) is 0 Å². The fourth-order valence-corrected chi connectivity index (χ4v) is 10.7.